The first-order valence-electron chi connectivity index (χ1n) is 12.5. The first-order valence-corrected chi connectivity index (χ1v) is 12.5. The summed E-state index contributed by atoms with van der Waals surface area (Å²) in [7, 11) is 0. The summed E-state index contributed by atoms with van der Waals surface area (Å²) in [5.41, 5.74) is 8.25. The van der Waals surface area contributed by atoms with Gasteiger partial charge < -0.3 is 11.1 Å². The second-order valence-electron chi connectivity index (χ2n) is 9.59. The molecule has 3 heterocycles. The van der Waals surface area contributed by atoms with Crippen LogP contribution in [-0.2, 0) is 4.79 Å². The van der Waals surface area contributed by atoms with Crippen LogP contribution >= 0.6 is 0 Å². The Kier molecular flexibility index (Phi) is 5.82. The highest BCUT2D eigenvalue weighted by molar-refractivity contribution is 5.98. The van der Waals surface area contributed by atoms with Crippen molar-refractivity contribution in [3.63, 3.8) is 0 Å². The van der Waals surface area contributed by atoms with Crippen LogP contribution in [0.25, 0.3) is 33.2 Å². The molecular weight excluding hydrogens is 506 g/mol. The standard InChI is InChI=1S/C27H24F2N8O2/c1-3-21(25-34-20-11-19(29)18(28)10-17(20)27(39)36(25)16-8-9-16)37-26-22(24(30)31-12-32-26)23(35-37)14-4-6-15(7-5-14)33-13(2)38/h4-7,10-12,16,21H,3,8-9H2,1-2H3,(H,33,38)(H2,30,31,32). The third kappa shape index (κ3) is 4.17. The lowest BCUT2D eigenvalue weighted by Gasteiger charge is -2.21. The highest BCUT2D eigenvalue weighted by Crippen LogP contribution is 2.39. The highest BCUT2D eigenvalue weighted by atomic mass is 19.2. The zero-order valence-electron chi connectivity index (χ0n) is 21.2. The monoisotopic (exact) mass is 530 g/mol. The van der Waals surface area contributed by atoms with Crippen molar-refractivity contribution in [3.05, 3.63) is 70.5 Å². The summed E-state index contributed by atoms with van der Waals surface area (Å²) in [5.74, 6) is -1.74. The molecule has 198 valence electrons. The topological polar surface area (TPSA) is 134 Å². The molecule has 0 radical (unpaired) electrons. The predicted octanol–water partition coefficient (Wildman–Crippen LogP) is 4.36. The van der Waals surface area contributed by atoms with Crippen LogP contribution in [0.5, 0.6) is 0 Å². The largest absolute Gasteiger partial charge is 0.383 e. The SMILES string of the molecule is CCC(c1nc2cc(F)c(F)cc2c(=O)n1C1CC1)n1nc(-c2ccc(NC(C)=O)cc2)c2c(N)ncnc21. The van der Waals surface area contributed by atoms with E-state index in [1.54, 1.807) is 33.5 Å². The van der Waals surface area contributed by atoms with Gasteiger partial charge in [-0.1, -0.05) is 19.1 Å². The van der Waals surface area contributed by atoms with Gasteiger partial charge in [-0.05, 0) is 37.5 Å². The van der Waals surface area contributed by atoms with Crippen LogP contribution in [0.15, 0.2) is 47.5 Å². The summed E-state index contributed by atoms with van der Waals surface area (Å²) < 4.78 is 31.4. The van der Waals surface area contributed by atoms with Crippen LogP contribution in [0.4, 0.5) is 20.3 Å². The van der Waals surface area contributed by atoms with Crippen LogP contribution < -0.4 is 16.6 Å². The number of amides is 1. The van der Waals surface area contributed by atoms with E-state index in [2.05, 4.69) is 20.3 Å². The van der Waals surface area contributed by atoms with Crippen molar-refractivity contribution in [2.75, 3.05) is 11.1 Å². The van der Waals surface area contributed by atoms with Crippen LogP contribution in [0, 0.1) is 11.6 Å². The number of anilines is 2. The number of aromatic nitrogens is 6. The number of halogens is 2. The van der Waals surface area contributed by atoms with Gasteiger partial charge in [-0.3, -0.25) is 14.2 Å². The fraction of sp³-hybridized carbons (Fsp3) is 0.259. The second kappa shape index (κ2) is 9.22. The maximum Gasteiger partial charge on any atom is 0.261 e. The van der Waals surface area contributed by atoms with E-state index < -0.39 is 23.2 Å². The van der Waals surface area contributed by atoms with Crippen molar-refractivity contribution < 1.29 is 13.6 Å². The highest BCUT2D eigenvalue weighted by Gasteiger charge is 2.33. The number of benzene rings is 2. The molecule has 3 N–H and O–H groups in total. The van der Waals surface area contributed by atoms with E-state index in [0.717, 1.165) is 25.0 Å². The Bertz CT molecular complexity index is 1830. The molecule has 1 aliphatic rings. The Hall–Kier alpha value is -4.74. The number of rotatable bonds is 6. The summed E-state index contributed by atoms with van der Waals surface area (Å²) >= 11 is 0. The van der Waals surface area contributed by atoms with Gasteiger partial charge in [-0.15, -0.1) is 0 Å². The normalized spacial score (nSPS) is 14.2. The zero-order chi connectivity index (χ0) is 27.4. The number of carbonyl (C=O) groups excluding carboxylic acids is 1. The summed E-state index contributed by atoms with van der Waals surface area (Å²) in [6.45, 7) is 3.35. The fourth-order valence-corrected chi connectivity index (χ4v) is 4.93. The molecule has 1 atom stereocenters. The zero-order valence-corrected chi connectivity index (χ0v) is 21.2. The molecular formula is C27H24F2N8O2. The first kappa shape index (κ1) is 24.6. The number of hydrogen-bond acceptors (Lipinski definition) is 7. The molecule has 0 aliphatic heterocycles. The maximum atomic E-state index is 14.1. The Morgan fingerprint density at radius 1 is 1.15 bits per heavy atom. The predicted molar refractivity (Wildman–Crippen MR) is 142 cm³/mol. The summed E-state index contributed by atoms with van der Waals surface area (Å²) in [6.07, 6.45) is 3.37. The van der Waals surface area contributed by atoms with Crippen LogP contribution in [-0.4, -0.2) is 35.2 Å². The van der Waals surface area contributed by atoms with Gasteiger partial charge >= 0.3 is 0 Å². The minimum absolute atomic E-state index is 0.0243. The lowest BCUT2D eigenvalue weighted by atomic mass is 10.1. The molecule has 1 aliphatic carbocycles. The molecule has 1 amide bonds. The summed E-state index contributed by atoms with van der Waals surface area (Å²) in [4.78, 5) is 38.3. The molecule has 2 aromatic carbocycles. The number of hydrogen-bond donors (Lipinski definition) is 2. The Morgan fingerprint density at radius 2 is 1.87 bits per heavy atom. The Labute approximate surface area is 220 Å². The molecule has 12 heteroatoms. The molecule has 0 spiro atoms. The summed E-state index contributed by atoms with van der Waals surface area (Å²) in [5, 5.41) is 8.16. The Balaban J connectivity index is 1.57. The molecule has 1 fully saturated rings. The molecule has 0 saturated heterocycles. The van der Waals surface area contributed by atoms with Gasteiger partial charge in [0.15, 0.2) is 17.3 Å². The maximum absolute atomic E-state index is 14.1. The van der Waals surface area contributed by atoms with Gasteiger partial charge in [0.05, 0.1) is 16.3 Å². The summed E-state index contributed by atoms with van der Waals surface area (Å²) in [6, 6.07) is 8.30. The van der Waals surface area contributed by atoms with Crippen LogP contribution in [0.2, 0.25) is 0 Å². The third-order valence-electron chi connectivity index (χ3n) is 6.86. The van der Waals surface area contributed by atoms with Crippen LogP contribution in [0.1, 0.15) is 51.0 Å². The van der Waals surface area contributed by atoms with Gasteiger partial charge in [0.25, 0.3) is 5.56 Å². The van der Waals surface area contributed by atoms with Crippen molar-refractivity contribution >= 4 is 39.3 Å². The van der Waals surface area contributed by atoms with Gasteiger partial charge in [0, 0.05) is 30.3 Å². The quantitative estimate of drug-likeness (QED) is 0.333. The van der Waals surface area contributed by atoms with E-state index in [4.69, 9.17) is 10.8 Å². The average molecular weight is 531 g/mol. The van der Waals surface area contributed by atoms with Crippen molar-refractivity contribution in [3.8, 4) is 11.3 Å². The minimum atomic E-state index is -1.09. The number of nitrogens with zero attached hydrogens (tertiary/aromatic N) is 6. The van der Waals surface area contributed by atoms with Crippen molar-refractivity contribution in [2.24, 2.45) is 0 Å². The molecule has 6 rings (SSSR count). The van der Waals surface area contributed by atoms with E-state index in [9.17, 15) is 18.4 Å². The van der Waals surface area contributed by atoms with Gasteiger partial charge in [0.1, 0.15) is 29.7 Å². The fourth-order valence-electron chi connectivity index (χ4n) is 4.93. The number of nitrogens with one attached hydrogen (secondary N) is 1. The number of nitrogens with two attached hydrogens (primary N) is 1. The van der Waals surface area contributed by atoms with Crippen molar-refractivity contribution in [1.29, 1.82) is 0 Å². The van der Waals surface area contributed by atoms with E-state index in [0.29, 0.717) is 40.2 Å². The molecule has 1 saturated carbocycles. The van der Waals surface area contributed by atoms with Gasteiger partial charge in [-0.2, -0.15) is 5.10 Å². The first-order chi connectivity index (χ1) is 18.8. The van der Waals surface area contributed by atoms with Gasteiger partial charge in [0.2, 0.25) is 5.91 Å². The molecule has 1 unspecified atom stereocenters. The molecule has 39 heavy (non-hydrogen) atoms. The van der Waals surface area contributed by atoms with Crippen LogP contribution in [0.3, 0.4) is 0 Å². The van der Waals surface area contributed by atoms with Gasteiger partial charge in [-0.25, -0.2) is 28.4 Å². The second-order valence-corrected chi connectivity index (χ2v) is 9.59. The Morgan fingerprint density at radius 3 is 2.54 bits per heavy atom. The van der Waals surface area contributed by atoms with Crippen molar-refractivity contribution in [1.82, 2.24) is 29.3 Å². The number of nitrogen functional groups attached to an aromatic ring is 1. The van der Waals surface area contributed by atoms with E-state index in [1.807, 2.05) is 6.92 Å². The molecule has 5 aromatic rings. The van der Waals surface area contributed by atoms with Crippen molar-refractivity contribution in [2.45, 2.75) is 45.2 Å². The number of fused-ring (bicyclic) bond motifs is 2. The molecule has 3 aromatic heterocycles. The minimum Gasteiger partial charge on any atom is -0.383 e. The smallest absolute Gasteiger partial charge is 0.261 e. The average Bonchev–Trinajstić information content (AvgIpc) is 3.66. The van der Waals surface area contributed by atoms with E-state index >= 15 is 0 Å². The lowest BCUT2D eigenvalue weighted by molar-refractivity contribution is -0.114. The third-order valence-corrected chi connectivity index (χ3v) is 6.86. The van der Waals surface area contributed by atoms with E-state index in [1.165, 1.54) is 13.3 Å². The molecule has 0 bridgehead atoms. The molecule has 10 nitrogen and oxygen atoms in total. The van der Waals surface area contributed by atoms with E-state index in [-0.39, 0.29) is 28.7 Å². The lowest BCUT2D eigenvalue weighted by Crippen LogP contribution is -2.29. The number of carbonyl (C=O) groups is 1.